The van der Waals surface area contributed by atoms with Crippen LogP contribution in [-0.4, -0.2) is 45.6 Å². The number of hydrogen-bond acceptors (Lipinski definition) is 4. The number of hydrogen-bond donors (Lipinski definition) is 1. The van der Waals surface area contributed by atoms with Crippen molar-refractivity contribution in [3.63, 3.8) is 0 Å². The summed E-state index contributed by atoms with van der Waals surface area (Å²) in [7, 11) is -0.909. The lowest BCUT2D eigenvalue weighted by molar-refractivity contribution is 0.250. The van der Waals surface area contributed by atoms with Crippen molar-refractivity contribution in [2.45, 2.75) is 20.3 Å². The molecule has 0 aromatic heterocycles. The molecule has 0 aromatic carbocycles. The van der Waals surface area contributed by atoms with Crippen molar-refractivity contribution in [1.29, 1.82) is 0 Å². The lowest BCUT2D eigenvalue weighted by Crippen LogP contribution is -2.34. The molecular weight excluding hydrogens is 236 g/mol. The van der Waals surface area contributed by atoms with E-state index >= 15 is 0 Å². The Bertz CT molecular complexity index is 359. The fourth-order valence-electron chi connectivity index (χ4n) is 1.20. The van der Waals surface area contributed by atoms with E-state index in [4.69, 9.17) is 0 Å². The number of allylic oxidation sites excluding steroid dienone is 2. The molecule has 0 amide bonds. The Kier molecular flexibility index (Phi) is 8.12. The summed E-state index contributed by atoms with van der Waals surface area (Å²) in [6, 6.07) is 0. The topological polar surface area (TPSA) is 49.4 Å². The maximum Gasteiger partial charge on any atom is 0.151 e. The molecule has 0 radical (unpaired) electrons. The SMILES string of the molecule is CC=C(C=CCS(C)(=O)=O)CCNN(C)CC. The van der Waals surface area contributed by atoms with Gasteiger partial charge in [-0.2, -0.15) is 0 Å². The first kappa shape index (κ1) is 16.4. The van der Waals surface area contributed by atoms with Gasteiger partial charge >= 0.3 is 0 Å². The number of hydrazine groups is 1. The van der Waals surface area contributed by atoms with E-state index in [9.17, 15) is 8.42 Å². The van der Waals surface area contributed by atoms with Gasteiger partial charge in [0.1, 0.15) is 0 Å². The predicted molar refractivity (Wildman–Crippen MR) is 73.5 cm³/mol. The minimum Gasteiger partial charge on any atom is -0.255 e. The fourth-order valence-corrected chi connectivity index (χ4v) is 1.65. The molecule has 100 valence electrons. The molecule has 4 nitrogen and oxygen atoms in total. The van der Waals surface area contributed by atoms with E-state index in [0.29, 0.717) is 0 Å². The van der Waals surface area contributed by atoms with E-state index in [1.807, 2.05) is 31.1 Å². The Morgan fingerprint density at radius 2 is 2.06 bits per heavy atom. The minimum absolute atomic E-state index is 0.104. The maximum absolute atomic E-state index is 11.0. The molecule has 0 heterocycles. The number of rotatable bonds is 8. The molecule has 5 heteroatoms. The molecule has 0 aliphatic carbocycles. The maximum atomic E-state index is 11.0. The normalized spacial score (nSPS) is 13.8. The van der Waals surface area contributed by atoms with Crippen molar-refractivity contribution in [2.75, 3.05) is 32.1 Å². The second kappa shape index (κ2) is 8.44. The molecule has 0 bridgehead atoms. The molecule has 0 aromatic rings. The third-order valence-electron chi connectivity index (χ3n) is 2.37. The van der Waals surface area contributed by atoms with Gasteiger partial charge in [0.05, 0.1) is 5.75 Å². The van der Waals surface area contributed by atoms with Crippen LogP contribution in [0.5, 0.6) is 0 Å². The van der Waals surface area contributed by atoms with Gasteiger partial charge in [0.25, 0.3) is 0 Å². The van der Waals surface area contributed by atoms with Gasteiger partial charge in [-0.25, -0.2) is 13.4 Å². The second-order valence-corrected chi connectivity index (χ2v) is 6.22. The van der Waals surface area contributed by atoms with E-state index in [0.717, 1.165) is 25.1 Å². The van der Waals surface area contributed by atoms with Crippen LogP contribution in [0.15, 0.2) is 23.8 Å². The van der Waals surface area contributed by atoms with Gasteiger partial charge in [-0.05, 0) is 13.3 Å². The largest absolute Gasteiger partial charge is 0.255 e. The van der Waals surface area contributed by atoms with Crippen LogP contribution in [0.3, 0.4) is 0 Å². The van der Waals surface area contributed by atoms with Crippen LogP contribution in [0.25, 0.3) is 0 Å². The van der Waals surface area contributed by atoms with E-state index in [1.54, 1.807) is 6.08 Å². The van der Waals surface area contributed by atoms with Gasteiger partial charge in [-0.1, -0.05) is 30.7 Å². The van der Waals surface area contributed by atoms with Gasteiger partial charge in [-0.15, -0.1) is 0 Å². The monoisotopic (exact) mass is 260 g/mol. The Balaban J connectivity index is 4.02. The Labute approximate surface area is 105 Å². The highest BCUT2D eigenvalue weighted by Crippen LogP contribution is 2.02. The molecule has 0 atom stereocenters. The average molecular weight is 260 g/mol. The summed E-state index contributed by atoms with van der Waals surface area (Å²) in [4.78, 5) is 0. The summed E-state index contributed by atoms with van der Waals surface area (Å²) < 4.78 is 21.9. The van der Waals surface area contributed by atoms with Gasteiger partial charge in [0.2, 0.25) is 0 Å². The van der Waals surface area contributed by atoms with Gasteiger partial charge in [0, 0.05) is 26.4 Å². The first-order valence-electron chi connectivity index (χ1n) is 5.83. The van der Waals surface area contributed by atoms with Crippen LogP contribution in [0, 0.1) is 0 Å². The van der Waals surface area contributed by atoms with E-state index in [1.165, 1.54) is 6.26 Å². The molecule has 0 rings (SSSR count). The van der Waals surface area contributed by atoms with Crippen molar-refractivity contribution >= 4 is 9.84 Å². The molecule has 0 fully saturated rings. The molecule has 0 aliphatic heterocycles. The number of nitrogens with zero attached hydrogens (tertiary/aromatic N) is 1. The summed E-state index contributed by atoms with van der Waals surface area (Å²) in [5, 5.41) is 2.02. The highest BCUT2D eigenvalue weighted by molar-refractivity contribution is 7.90. The molecule has 17 heavy (non-hydrogen) atoms. The first-order valence-corrected chi connectivity index (χ1v) is 7.89. The van der Waals surface area contributed by atoms with Gasteiger partial charge in [-0.3, -0.25) is 5.43 Å². The Morgan fingerprint density at radius 3 is 2.53 bits per heavy atom. The smallest absolute Gasteiger partial charge is 0.151 e. The highest BCUT2D eigenvalue weighted by atomic mass is 32.2. The molecule has 0 unspecified atom stereocenters. The van der Waals surface area contributed by atoms with E-state index in [-0.39, 0.29) is 5.75 Å². The van der Waals surface area contributed by atoms with Crippen molar-refractivity contribution < 1.29 is 8.42 Å². The molecule has 0 spiro atoms. The van der Waals surface area contributed by atoms with Crippen LogP contribution in [-0.2, 0) is 9.84 Å². The molecular formula is C12H24N2O2S. The zero-order valence-electron chi connectivity index (χ0n) is 11.2. The molecule has 1 N–H and O–H groups in total. The number of sulfone groups is 1. The van der Waals surface area contributed by atoms with Crippen LogP contribution < -0.4 is 5.43 Å². The van der Waals surface area contributed by atoms with E-state index in [2.05, 4.69) is 12.3 Å². The van der Waals surface area contributed by atoms with Crippen LogP contribution in [0.4, 0.5) is 0 Å². The predicted octanol–water partition coefficient (Wildman–Crippen LogP) is 1.38. The molecule has 0 saturated carbocycles. The number of nitrogens with one attached hydrogen (secondary N) is 1. The van der Waals surface area contributed by atoms with E-state index < -0.39 is 9.84 Å². The zero-order chi connectivity index (χ0) is 13.3. The van der Waals surface area contributed by atoms with Crippen LogP contribution in [0.1, 0.15) is 20.3 Å². The molecule has 0 saturated heterocycles. The zero-order valence-corrected chi connectivity index (χ0v) is 12.0. The minimum atomic E-state index is -2.90. The first-order chi connectivity index (χ1) is 7.89. The summed E-state index contributed by atoms with van der Waals surface area (Å²) >= 11 is 0. The summed E-state index contributed by atoms with van der Waals surface area (Å²) in [5.74, 6) is 0.104. The Morgan fingerprint density at radius 1 is 1.41 bits per heavy atom. The lowest BCUT2D eigenvalue weighted by atomic mass is 10.1. The quantitative estimate of drug-likeness (QED) is 0.529. The third-order valence-corrected chi connectivity index (χ3v) is 3.17. The van der Waals surface area contributed by atoms with Crippen LogP contribution in [0.2, 0.25) is 0 Å². The highest BCUT2D eigenvalue weighted by Gasteiger charge is 1.98. The summed E-state index contributed by atoms with van der Waals surface area (Å²) in [6.07, 6.45) is 7.72. The second-order valence-electron chi connectivity index (χ2n) is 4.03. The van der Waals surface area contributed by atoms with Crippen molar-refractivity contribution in [3.05, 3.63) is 23.8 Å². The Hall–Kier alpha value is -0.650. The van der Waals surface area contributed by atoms with Gasteiger partial charge in [0.15, 0.2) is 9.84 Å². The average Bonchev–Trinajstić information content (AvgIpc) is 2.25. The third kappa shape index (κ3) is 10.2. The summed E-state index contributed by atoms with van der Waals surface area (Å²) in [5.41, 5.74) is 4.39. The van der Waals surface area contributed by atoms with Crippen molar-refractivity contribution in [2.24, 2.45) is 0 Å². The van der Waals surface area contributed by atoms with Crippen molar-refractivity contribution in [3.8, 4) is 0 Å². The standard InChI is InChI=1S/C12H24N2O2S/c1-5-12(8-7-11-17(4,15)16)9-10-13-14(3)6-2/h5,7-8,13H,6,9-11H2,1-4H3. The summed E-state index contributed by atoms with van der Waals surface area (Å²) in [6.45, 7) is 5.85. The van der Waals surface area contributed by atoms with Gasteiger partial charge < -0.3 is 0 Å². The molecule has 0 aliphatic rings. The fraction of sp³-hybridized carbons (Fsp3) is 0.667. The van der Waals surface area contributed by atoms with Crippen molar-refractivity contribution in [1.82, 2.24) is 10.4 Å². The van der Waals surface area contributed by atoms with Crippen LogP contribution >= 0.6 is 0 Å². The lowest BCUT2D eigenvalue weighted by Gasteiger charge is -2.15.